The monoisotopic (exact) mass is 283 g/mol. The molecule has 0 atom stereocenters. The number of hydrogen-bond acceptors (Lipinski definition) is 7. The molecule has 0 unspecified atom stereocenters. The van der Waals surface area contributed by atoms with Crippen LogP contribution in [0.25, 0.3) is 0 Å². The van der Waals surface area contributed by atoms with E-state index in [4.69, 9.17) is 4.74 Å². The molecule has 0 aliphatic heterocycles. The molecular formula is C12H17N3O5. The second-order valence-corrected chi connectivity index (χ2v) is 4.75. The molecule has 1 N–H and O–H groups in total. The third-order valence-corrected chi connectivity index (χ3v) is 2.43. The number of hydrogen-bond donors (Lipinski definition) is 1. The first-order valence-corrected chi connectivity index (χ1v) is 5.81. The lowest BCUT2D eigenvalue weighted by Gasteiger charge is -2.25. The van der Waals surface area contributed by atoms with Gasteiger partial charge in [0.05, 0.1) is 24.2 Å². The van der Waals surface area contributed by atoms with Crippen molar-refractivity contribution in [2.45, 2.75) is 19.4 Å². The number of anilines is 1. The summed E-state index contributed by atoms with van der Waals surface area (Å²) in [6.07, 6.45) is 0. The number of pyridine rings is 1. The molecule has 1 heterocycles. The fourth-order valence-electron chi connectivity index (χ4n) is 1.63. The number of carbonyl (C=O) groups is 1. The van der Waals surface area contributed by atoms with Crippen LogP contribution in [0.4, 0.5) is 11.5 Å². The minimum absolute atomic E-state index is 0.0000463. The Morgan fingerprint density at radius 1 is 1.45 bits per heavy atom. The number of ether oxygens (including phenoxy) is 2. The number of nitro groups is 1. The summed E-state index contributed by atoms with van der Waals surface area (Å²) in [5.74, 6) is -0.660. The first-order chi connectivity index (χ1) is 9.30. The van der Waals surface area contributed by atoms with Crippen LogP contribution in [0.1, 0.15) is 24.3 Å². The first kappa shape index (κ1) is 15.8. The summed E-state index contributed by atoms with van der Waals surface area (Å²) < 4.78 is 9.57. The van der Waals surface area contributed by atoms with Crippen LogP contribution in [0.15, 0.2) is 12.1 Å². The highest BCUT2D eigenvalue weighted by Gasteiger charge is 2.25. The molecule has 8 nitrogen and oxygen atoms in total. The molecule has 1 aromatic heterocycles. The Balaban J connectivity index is 3.19. The topological polar surface area (TPSA) is 104 Å². The van der Waals surface area contributed by atoms with Crippen LogP contribution in [0, 0.1) is 10.1 Å². The van der Waals surface area contributed by atoms with E-state index in [2.05, 4.69) is 15.0 Å². The van der Waals surface area contributed by atoms with E-state index in [1.165, 1.54) is 26.4 Å². The van der Waals surface area contributed by atoms with Crippen LogP contribution >= 0.6 is 0 Å². The molecule has 1 rings (SSSR count). The van der Waals surface area contributed by atoms with Crippen LogP contribution < -0.4 is 5.32 Å². The second-order valence-electron chi connectivity index (χ2n) is 4.75. The molecule has 1 aromatic rings. The van der Waals surface area contributed by atoms with Crippen molar-refractivity contribution in [1.29, 1.82) is 0 Å². The van der Waals surface area contributed by atoms with Gasteiger partial charge in [-0.25, -0.2) is 9.78 Å². The molecule has 0 fully saturated rings. The molecule has 0 aromatic carbocycles. The smallest absolute Gasteiger partial charge is 0.356 e. The Bertz CT molecular complexity index is 516. The predicted octanol–water partition coefficient (Wildman–Crippen LogP) is 1.61. The number of nitrogens with one attached hydrogen (secondary N) is 1. The fraction of sp³-hybridized carbons (Fsp3) is 0.500. The number of aromatic nitrogens is 1. The van der Waals surface area contributed by atoms with E-state index in [1.807, 2.05) is 0 Å². The Kier molecular flexibility index (Phi) is 4.98. The fourth-order valence-corrected chi connectivity index (χ4v) is 1.63. The van der Waals surface area contributed by atoms with Crippen molar-refractivity contribution in [2.24, 2.45) is 0 Å². The number of nitrogens with zero attached hydrogens (tertiary/aromatic N) is 2. The molecule has 0 saturated heterocycles. The zero-order valence-corrected chi connectivity index (χ0v) is 11.8. The number of carbonyl (C=O) groups excluding carboxylic acids is 1. The Morgan fingerprint density at radius 3 is 2.60 bits per heavy atom. The Morgan fingerprint density at radius 2 is 2.10 bits per heavy atom. The molecule has 0 amide bonds. The third-order valence-electron chi connectivity index (χ3n) is 2.43. The van der Waals surface area contributed by atoms with Gasteiger partial charge in [0.15, 0.2) is 5.69 Å². The summed E-state index contributed by atoms with van der Waals surface area (Å²) in [6.45, 7) is 3.91. The summed E-state index contributed by atoms with van der Waals surface area (Å²) in [5, 5.41) is 13.9. The molecule has 0 saturated carbocycles. The molecule has 0 bridgehead atoms. The van der Waals surface area contributed by atoms with Crippen LogP contribution in [0.3, 0.4) is 0 Å². The average molecular weight is 283 g/mol. The largest absolute Gasteiger partial charge is 0.464 e. The van der Waals surface area contributed by atoms with Gasteiger partial charge in [-0.1, -0.05) is 0 Å². The van der Waals surface area contributed by atoms with Gasteiger partial charge in [-0.05, 0) is 19.9 Å². The molecule has 20 heavy (non-hydrogen) atoms. The SMILES string of the molecule is COCC(C)(C)Nc1nc(C(=O)OC)ccc1[N+](=O)[O-]. The Labute approximate surface area is 116 Å². The predicted molar refractivity (Wildman–Crippen MR) is 71.8 cm³/mol. The molecule has 0 aliphatic carbocycles. The van der Waals surface area contributed by atoms with Crippen LogP contribution in [-0.4, -0.2) is 42.2 Å². The summed E-state index contributed by atoms with van der Waals surface area (Å²) in [5.41, 5.74) is -0.808. The van der Waals surface area contributed by atoms with Crippen molar-refractivity contribution in [3.8, 4) is 0 Å². The van der Waals surface area contributed by atoms with Gasteiger partial charge in [0.25, 0.3) is 0 Å². The molecule has 8 heteroatoms. The Hall–Kier alpha value is -2.22. The average Bonchev–Trinajstić information content (AvgIpc) is 2.36. The second kappa shape index (κ2) is 6.29. The van der Waals surface area contributed by atoms with E-state index in [1.54, 1.807) is 13.8 Å². The maximum Gasteiger partial charge on any atom is 0.356 e. The summed E-state index contributed by atoms with van der Waals surface area (Å²) >= 11 is 0. The summed E-state index contributed by atoms with van der Waals surface area (Å²) in [4.78, 5) is 25.8. The lowest BCUT2D eigenvalue weighted by molar-refractivity contribution is -0.384. The maximum atomic E-state index is 11.4. The van der Waals surface area contributed by atoms with Gasteiger partial charge in [-0.3, -0.25) is 10.1 Å². The lowest BCUT2D eigenvalue weighted by Crippen LogP contribution is -2.36. The highest BCUT2D eigenvalue weighted by Crippen LogP contribution is 2.25. The molecule has 110 valence electrons. The van der Waals surface area contributed by atoms with Crippen molar-refractivity contribution in [2.75, 3.05) is 26.1 Å². The van der Waals surface area contributed by atoms with Crippen molar-refractivity contribution >= 4 is 17.5 Å². The van der Waals surface area contributed by atoms with Gasteiger partial charge in [-0.2, -0.15) is 0 Å². The van der Waals surface area contributed by atoms with Gasteiger partial charge in [0, 0.05) is 13.2 Å². The summed E-state index contributed by atoms with van der Waals surface area (Å²) in [6, 6.07) is 2.46. The van der Waals surface area contributed by atoms with E-state index >= 15 is 0 Å². The normalized spacial score (nSPS) is 11.0. The molecule has 0 spiro atoms. The van der Waals surface area contributed by atoms with Crippen LogP contribution in [0.5, 0.6) is 0 Å². The maximum absolute atomic E-state index is 11.4. The quantitative estimate of drug-likeness (QED) is 0.480. The van der Waals surface area contributed by atoms with Gasteiger partial charge >= 0.3 is 11.7 Å². The number of rotatable bonds is 6. The van der Waals surface area contributed by atoms with Crippen molar-refractivity contribution in [3.05, 3.63) is 27.9 Å². The third kappa shape index (κ3) is 3.89. The molecule has 0 radical (unpaired) electrons. The van der Waals surface area contributed by atoms with Crippen molar-refractivity contribution < 1.29 is 19.2 Å². The van der Waals surface area contributed by atoms with Gasteiger partial charge in [0.2, 0.25) is 5.82 Å². The number of esters is 1. The first-order valence-electron chi connectivity index (χ1n) is 5.81. The standard InChI is InChI=1S/C12H17N3O5/c1-12(2,7-19-3)14-10-9(15(17)18)6-5-8(13-10)11(16)20-4/h5-6H,7H2,1-4H3,(H,13,14). The van der Waals surface area contributed by atoms with E-state index < -0.39 is 16.4 Å². The van der Waals surface area contributed by atoms with Crippen LogP contribution in [-0.2, 0) is 9.47 Å². The minimum Gasteiger partial charge on any atom is -0.464 e. The van der Waals surface area contributed by atoms with E-state index in [0.29, 0.717) is 6.61 Å². The van der Waals surface area contributed by atoms with Gasteiger partial charge in [-0.15, -0.1) is 0 Å². The van der Waals surface area contributed by atoms with E-state index in [9.17, 15) is 14.9 Å². The zero-order chi connectivity index (χ0) is 15.3. The zero-order valence-electron chi connectivity index (χ0n) is 11.8. The van der Waals surface area contributed by atoms with E-state index in [-0.39, 0.29) is 17.2 Å². The van der Waals surface area contributed by atoms with Gasteiger partial charge < -0.3 is 14.8 Å². The summed E-state index contributed by atoms with van der Waals surface area (Å²) in [7, 11) is 2.74. The molecule has 0 aliphatic rings. The highest BCUT2D eigenvalue weighted by atomic mass is 16.6. The number of methoxy groups -OCH3 is 2. The minimum atomic E-state index is -0.660. The molecular weight excluding hydrogens is 266 g/mol. The van der Waals surface area contributed by atoms with Crippen LogP contribution in [0.2, 0.25) is 0 Å². The lowest BCUT2D eigenvalue weighted by atomic mass is 10.1. The van der Waals surface area contributed by atoms with Crippen molar-refractivity contribution in [1.82, 2.24) is 4.98 Å². The van der Waals surface area contributed by atoms with E-state index in [0.717, 1.165) is 0 Å². The van der Waals surface area contributed by atoms with Crippen molar-refractivity contribution in [3.63, 3.8) is 0 Å². The highest BCUT2D eigenvalue weighted by molar-refractivity contribution is 5.88. The van der Waals surface area contributed by atoms with Gasteiger partial charge in [0.1, 0.15) is 0 Å².